The molecule has 0 aliphatic carbocycles. The highest BCUT2D eigenvalue weighted by atomic mass is 35.5. The van der Waals surface area contributed by atoms with Crippen LogP contribution in [-0.4, -0.2) is 25.5 Å². The third-order valence-corrected chi connectivity index (χ3v) is 4.25. The molecule has 1 amide bonds. The molecule has 0 saturated heterocycles. The molecule has 4 aromatic rings. The number of furan rings is 1. The van der Waals surface area contributed by atoms with Crippen LogP contribution < -0.4 is 5.32 Å². The highest BCUT2D eigenvalue weighted by Gasteiger charge is 2.19. The second-order valence-corrected chi connectivity index (χ2v) is 6.47. The second-order valence-electron chi connectivity index (χ2n) is 6.03. The first-order valence-electron chi connectivity index (χ1n) is 8.23. The van der Waals surface area contributed by atoms with Gasteiger partial charge >= 0.3 is 0 Å². The molecule has 3 aromatic heterocycles. The zero-order chi connectivity index (χ0) is 19.0. The number of anilines is 1. The van der Waals surface area contributed by atoms with Crippen LogP contribution in [-0.2, 0) is 7.05 Å². The number of rotatable bonds is 4. The van der Waals surface area contributed by atoms with Gasteiger partial charge in [-0.15, -0.1) is 0 Å². The maximum absolute atomic E-state index is 12.7. The summed E-state index contributed by atoms with van der Waals surface area (Å²) in [4.78, 5) is 12.7. The van der Waals surface area contributed by atoms with E-state index in [-0.39, 0.29) is 11.6 Å². The molecule has 4 rings (SSSR count). The number of aryl methyl sites for hydroxylation is 2. The van der Waals surface area contributed by atoms with E-state index in [9.17, 15) is 4.79 Å². The quantitative estimate of drug-likeness (QED) is 0.577. The molecular weight excluding hydrogens is 366 g/mol. The van der Waals surface area contributed by atoms with Gasteiger partial charge in [0.05, 0.1) is 17.6 Å². The van der Waals surface area contributed by atoms with Crippen molar-refractivity contribution in [2.45, 2.75) is 6.92 Å². The minimum atomic E-state index is -0.341. The Hall–Kier alpha value is -3.32. The average Bonchev–Trinajstić information content (AvgIpc) is 3.35. The molecule has 0 fully saturated rings. The van der Waals surface area contributed by atoms with Crippen LogP contribution in [0.25, 0.3) is 17.1 Å². The Labute approximate surface area is 160 Å². The number of carbonyl (C=O) groups is 1. The number of nitrogens with one attached hydrogen (secondary N) is 1. The van der Waals surface area contributed by atoms with Crippen molar-refractivity contribution < 1.29 is 9.21 Å². The summed E-state index contributed by atoms with van der Waals surface area (Å²) in [7, 11) is 1.77. The molecule has 0 spiro atoms. The smallest absolute Gasteiger partial charge is 0.277 e. The molecule has 0 saturated carbocycles. The van der Waals surface area contributed by atoms with Crippen LogP contribution in [0.5, 0.6) is 0 Å². The normalized spacial score (nSPS) is 10.9. The van der Waals surface area contributed by atoms with Crippen molar-refractivity contribution in [1.29, 1.82) is 0 Å². The van der Waals surface area contributed by atoms with Crippen LogP contribution in [0.3, 0.4) is 0 Å². The lowest BCUT2D eigenvalue weighted by Gasteiger charge is -2.06. The SMILES string of the molecule is Cc1cc(NC(=O)c2cc(-c3ccco3)n(-c3cccc(Cl)c3)n2)n(C)n1. The average molecular weight is 382 g/mol. The van der Waals surface area contributed by atoms with Crippen LogP contribution >= 0.6 is 11.6 Å². The van der Waals surface area contributed by atoms with Crippen molar-refractivity contribution in [1.82, 2.24) is 19.6 Å². The number of benzene rings is 1. The van der Waals surface area contributed by atoms with Crippen molar-refractivity contribution in [3.63, 3.8) is 0 Å². The van der Waals surface area contributed by atoms with Gasteiger partial charge in [0.25, 0.3) is 5.91 Å². The minimum Gasteiger partial charge on any atom is -0.463 e. The first-order valence-corrected chi connectivity index (χ1v) is 8.61. The van der Waals surface area contributed by atoms with Gasteiger partial charge in [-0.2, -0.15) is 10.2 Å². The summed E-state index contributed by atoms with van der Waals surface area (Å²) < 4.78 is 8.74. The Morgan fingerprint density at radius 1 is 1.15 bits per heavy atom. The lowest BCUT2D eigenvalue weighted by Crippen LogP contribution is -2.15. The zero-order valence-electron chi connectivity index (χ0n) is 14.7. The first kappa shape index (κ1) is 17.1. The summed E-state index contributed by atoms with van der Waals surface area (Å²) in [6.07, 6.45) is 1.57. The maximum atomic E-state index is 12.7. The standard InChI is InChI=1S/C19H16ClN5O2/c1-12-9-18(24(2)22-12)21-19(26)15-11-16(17-7-4-8-27-17)25(23-15)14-6-3-5-13(20)10-14/h3-11H,1-2H3,(H,21,26). The molecule has 1 N–H and O–H groups in total. The minimum absolute atomic E-state index is 0.250. The van der Waals surface area contributed by atoms with Crippen molar-refractivity contribution in [3.05, 3.63) is 71.2 Å². The molecule has 1 aromatic carbocycles. The molecule has 27 heavy (non-hydrogen) atoms. The van der Waals surface area contributed by atoms with Crippen LogP contribution in [0.15, 0.2) is 59.2 Å². The van der Waals surface area contributed by atoms with Crippen LogP contribution in [0, 0.1) is 6.92 Å². The Morgan fingerprint density at radius 2 is 2.00 bits per heavy atom. The molecule has 0 atom stereocenters. The molecule has 3 heterocycles. The Kier molecular flexibility index (Phi) is 4.29. The van der Waals surface area contributed by atoms with E-state index in [4.69, 9.17) is 16.0 Å². The fraction of sp³-hybridized carbons (Fsp3) is 0.105. The van der Waals surface area contributed by atoms with Crippen molar-refractivity contribution in [2.75, 3.05) is 5.32 Å². The van der Waals surface area contributed by atoms with Gasteiger partial charge in [-0.05, 0) is 37.3 Å². The van der Waals surface area contributed by atoms with Crippen molar-refractivity contribution >= 4 is 23.3 Å². The van der Waals surface area contributed by atoms with Gasteiger partial charge in [0.1, 0.15) is 11.5 Å². The maximum Gasteiger partial charge on any atom is 0.277 e. The lowest BCUT2D eigenvalue weighted by molar-refractivity contribution is 0.102. The van der Waals surface area contributed by atoms with E-state index < -0.39 is 0 Å². The summed E-state index contributed by atoms with van der Waals surface area (Å²) in [6.45, 7) is 1.86. The van der Waals surface area contributed by atoms with E-state index in [1.54, 1.807) is 53.0 Å². The van der Waals surface area contributed by atoms with Gasteiger partial charge in [0.15, 0.2) is 11.5 Å². The lowest BCUT2D eigenvalue weighted by atomic mass is 10.2. The molecule has 0 unspecified atom stereocenters. The van der Waals surface area contributed by atoms with Crippen molar-refractivity contribution in [3.8, 4) is 17.1 Å². The van der Waals surface area contributed by atoms with E-state index in [0.29, 0.717) is 22.3 Å². The predicted octanol–water partition coefficient (Wildman–Crippen LogP) is 4.08. The van der Waals surface area contributed by atoms with E-state index in [1.807, 2.05) is 25.1 Å². The van der Waals surface area contributed by atoms with Gasteiger partial charge in [0.2, 0.25) is 0 Å². The molecule has 0 aliphatic heterocycles. The Balaban J connectivity index is 1.75. The third kappa shape index (κ3) is 3.37. The monoisotopic (exact) mass is 381 g/mol. The van der Waals surface area contributed by atoms with Gasteiger partial charge in [0, 0.05) is 24.2 Å². The van der Waals surface area contributed by atoms with E-state index in [2.05, 4.69) is 15.5 Å². The van der Waals surface area contributed by atoms with E-state index >= 15 is 0 Å². The third-order valence-electron chi connectivity index (χ3n) is 4.01. The highest BCUT2D eigenvalue weighted by Crippen LogP contribution is 2.26. The molecule has 136 valence electrons. The van der Waals surface area contributed by atoms with Crippen molar-refractivity contribution in [2.24, 2.45) is 7.05 Å². The topological polar surface area (TPSA) is 77.9 Å². The largest absolute Gasteiger partial charge is 0.463 e. The molecule has 0 radical (unpaired) electrons. The Morgan fingerprint density at radius 3 is 2.67 bits per heavy atom. The van der Waals surface area contributed by atoms with Gasteiger partial charge in [-0.3, -0.25) is 9.48 Å². The summed E-state index contributed by atoms with van der Waals surface area (Å²) in [6, 6.07) is 14.3. The number of carbonyl (C=O) groups excluding carboxylic acids is 1. The Bertz CT molecular complexity index is 1110. The molecule has 7 nitrogen and oxygen atoms in total. The van der Waals surface area contributed by atoms with E-state index in [1.165, 1.54) is 0 Å². The summed E-state index contributed by atoms with van der Waals surface area (Å²) in [5.41, 5.74) is 2.44. The number of amides is 1. The molecule has 8 heteroatoms. The van der Waals surface area contributed by atoms with Gasteiger partial charge in [-0.1, -0.05) is 17.7 Å². The summed E-state index contributed by atoms with van der Waals surface area (Å²) in [5.74, 6) is 0.846. The number of aromatic nitrogens is 4. The number of halogens is 1. The highest BCUT2D eigenvalue weighted by molar-refractivity contribution is 6.30. The predicted molar refractivity (Wildman–Crippen MR) is 102 cm³/mol. The first-order chi connectivity index (χ1) is 13.0. The molecule has 0 bridgehead atoms. The van der Waals surface area contributed by atoms with E-state index in [0.717, 1.165) is 11.4 Å². The summed E-state index contributed by atoms with van der Waals surface area (Å²) >= 11 is 6.11. The number of hydrogen-bond donors (Lipinski definition) is 1. The molecular formula is C19H16ClN5O2. The van der Waals surface area contributed by atoms with Gasteiger partial charge in [-0.25, -0.2) is 4.68 Å². The number of nitrogens with zero attached hydrogens (tertiary/aromatic N) is 4. The molecule has 0 aliphatic rings. The fourth-order valence-corrected chi connectivity index (χ4v) is 2.99. The van der Waals surface area contributed by atoms with Crippen LogP contribution in [0.4, 0.5) is 5.82 Å². The van der Waals surface area contributed by atoms with Crippen LogP contribution in [0.1, 0.15) is 16.2 Å². The second kappa shape index (κ2) is 6.77. The fourth-order valence-electron chi connectivity index (χ4n) is 2.80. The number of hydrogen-bond acceptors (Lipinski definition) is 4. The van der Waals surface area contributed by atoms with Gasteiger partial charge < -0.3 is 9.73 Å². The summed E-state index contributed by atoms with van der Waals surface area (Å²) in [5, 5.41) is 12.1. The zero-order valence-corrected chi connectivity index (χ0v) is 15.4. The van der Waals surface area contributed by atoms with Crippen LogP contribution in [0.2, 0.25) is 5.02 Å².